The standard InChI is InChI=1S/C15H11ClN2O/c1-9-2-7-12-13(8-9)17-15(18-14(12)16)10-3-5-11(19)6-4-10/h2-8,19H,1H3. The molecule has 0 saturated carbocycles. The van der Waals surface area contributed by atoms with E-state index in [1.54, 1.807) is 24.3 Å². The molecule has 0 amide bonds. The lowest BCUT2D eigenvalue weighted by molar-refractivity contribution is 0.475. The molecule has 1 aromatic heterocycles. The van der Waals surface area contributed by atoms with Crippen molar-refractivity contribution in [2.75, 3.05) is 0 Å². The Labute approximate surface area is 115 Å². The van der Waals surface area contributed by atoms with Gasteiger partial charge in [0, 0.05) is 10.9 Å². The zero-order valence-electron chi connectivity index (χ0n) is 10.3. The monoisotopic (exact) mass is 270 g/mol. The summed E-state index contributed by atoms with van der Waals surface area (Å²) in [6.07, 6.45) is 0. The zero-order chi connectivity index (χ0) is 13.4. The summed E-state index contributed by atoms with van der Waals surface area (Å²) in [5.41, 5.74) is 2.77. The first-order valence-corrected chi connectivity index (χ1v) is 6.24. The summed E-state index contributed by atoms with van der Waals surface area (Å²) in [6, 6.07) is 12.6. The maximum Gasteiger partial charge on any atom is 0.161 e. The Hall–Kier alpha value is -2.13. The van der Waals surface area contributed by atoms with Gasteiger partial charge in [0.25, 0.3) is 0 Å². The van der Waals surface area contributed by atoms with Crippen molar-refractivity contribution < 1.29 is 5.11 Å². The number of phenols is 1. The predicted octanol–water partition coefficient (Wildman–Crippen LogP) is 3.96. The van der Waals surface area contributed by atoms with Crippen LogP contribution in [0.15, 0.2) is 42.5 Å². The molecule has 1 heterocycles. The van der Waals surface area contributed by atoms with Crippen molar-refractivity contribution in [3.8, 4) is 17.1 Å². The van der Waals surface area contributed by atoms with Gasteiger partial charge in [-0.05, 0) is 48.9 Å². The summed E-state index contributed by atoms with van der Waals surface area (Å²) in [6.45, 7) is 2.01. The van der Waals surface area contributed by atoms with Gasteiger partial charge in [-0.25, -0.2) is 9.97 Å². The largest absolute Gasteiger partial charge is 0.508 e. The lowest BCUT2D eigenvalue weighted by Gasteiger charge is -2.05. The Morgan fingerprint density at radius 2 is 1.74 bits per heavy atom. The number of aryl methyl sites for hydroxylation is 1. The van der Waals surface area contributed by atoms with Gasteiger partial charge in [0.05, 0.1) is 5.52 Å². The topological polar surface area (TPSA) is 46.0 Å². The third-order valence-corrected chi connectivity index (χ3v) is 3.22. The smallest absolute Gasteiger partial charge is 0.161 e. The van der Waals surface area contributed by atoms with Crippen LogP contribution in [0, 0.1) is 6.92 Å². The van der Waals surface area contributed by atoms with Crippen LogP contribution < -0.4 is 0 Å². The second kappa shape index (κ2) is 4.52. The Morgan fingerprint density at radius 3 is 2.47 bits per heavy atom. The van der Waals surface area contributed by atoms with Crippen molar-refractivity contribution >= 4 is 22.5 Å². The normalized spacial score (nSPS) is 10.8. The molecule has 0 aliphatic carbocycles. The van der Waals surface area contributed by atoms with Gasteiger partial charge in [0.15, 0.2) is 5.82 Å². The number of halogens is 1. The quantitative estimate of drug-likeness (QED) is 0.681. The third-order valence-electron chi connectivity index (χ3n) is 2.93. The molecule has 0 spiro atoms. The van der Waals surface area contributed by atoms with Gasteiger partial charge >= 0.3 is 0 Å². The van der Waals surface area contributed by atoms with E-state index in [-0.39, 0.29) is 5.75 Å². The van der Waals surface area contributed by atoms with Gasteiger partial charge in [0.2, 0.25) is 0 Å². The van der Waals surface area contributed by atoms with E-state index >= 15 is 0 Å². The highest BCUT2D eigenvalue weighted by Crippen LogP contribution is 2.26. The second-order valence-electron chi connectivity index (χ2n) is 4.41. The van der Waals surface area contributed by atoms with Crippen molar-refractivity contribution in [2.24, 2.45) is 0 Å². The highest BCUT2D eigenvalue weighted by Gasteiger charge is 2.08. The van der Waals surface area contributed by atoms with Crippen molar-refractivity contribution in [1.82, 2.24) is 9.97 Å². The van der Waals surface area contributed by atoms with Crippen molar-refractivity contribution in [2.45, 2.75) is 6.92 Å². The maximum atomic E-state index is 9.30. The van der Waals surface area contributed by atoms with E-state index in [1.807, 2.05) is 25.1 Å². The molecule has 0 saturated heterocycles. The molecule has 0 unspecified atom stereocenters. The van der Waals surface area contributed by atoms with E-state index in [1.165, 1.54) is 0 Å². The molecule has 3 aromatic rings. The summed E-state index contributed by atoms with van der Waals surface area (Å²) in [5.74, 6) is 0.773. The Morgan fingerprint density at radius 1 is 1.00 bits per heavy atom. The lowest BCUT2D eigenvalue weighted by atomic mass is 10.1. The molecule has 0 bridgehead atoms. The van der Waals surface area contributed by atoms with Crippen molar-refractivity contribution in [3.05, 3.63) is 53.2 Å². The highest BCUT2D eigenvalue weighted by atomic mass is 35.5. The molecule has 3 nitrogen and oxygen atoms in total. The van der Waals surface area contributed by atoms with Crippen LogP contribution in [0.3, 0.4) is 0 Å². The molecular formula is C15H11ClN2O. The Balaban J connectivity index is 2.22. The first-order chi connectivity index (χ1) is 9.13. The fraction of sp³-hybridized carbons (Fsp3) is 0.0667. The molecular weight excluding hydrogens is 260 g/mol. The van der Waals surface area contributed by atoms with E-state index in [2.05, 4.69) is 9.97 Å². The van der Waals surface area contributed by atoms with E-state index in [0.717, 1.165) is 22.0 Å². The van der Waals surface area contributed by atoms with Crippen LogP contribution in [0.1, 0.15) is 5.56 Å². The lowest BCUT2D eigenvalue weighted by Crippen LogP contribution is -1.92. The molecule has 1 N–H and O–H groups in total. The fourth-order valence-electron chi connectivity index (χ4n) is 1.94. The van der Waals surface area contributed by atoms with Gasteiger partial charge in [-0.3, -0.25) is 0 Å². The predicted molar refractivity (Wildman–Crippen MR) is 76.4 cm³/mol. The van der Waals surface area contributed by atoms with Crippen LogP contribution in [0.25, 0.3) is 22.3 Å². The molecule has 19 heavy (non-hydrogen) atoms. The van der Waals surface area contributed by atoms with Gasteiger partial charge in [-0.15, -0.1) is 0 Å². The van der Waals surface area contributed by atoms with Gasteiger partial charge in [-0.2, -0.15) is 0 Å². The van der Waals surface area contributed by atoms with Crippen molar-refractivity contribution in [1.29, 1.82) is 0 Å². The minimum atomic E-state index is 0.214. The summed E-state index contributed by atoms with van der Waals surface area (Å²) < 4.78 is 0. The summed E-state index contributed by atoms with van der Waals surface area (Å²) in [7, 11) is 0. The van der Waals surface area contributed by atoms with Crippen LogP contribution >= 0.6 is 11.6 Å². The van der Waals surface area contributed by atoms with E-state index in [4.69, 9.17) is 11.6 Å². The number of aromatic nitrogens is 2. The molecule has 0 aliphatic rings. The van der Waals surface area contributed by atoms with E-state index < -0.39 is 0 Å². The number of rotatable bonds is 1. The first-order valence-electron chi connectivity index (χ1n) is 5.87. The van der Waals surface area contributed by atoms with Crippen molar-refractivity contribution in [3.63, 3.8) is 0 Å². The van der Waals surface area contributed by atoms with E-state index in [9.17, 15) is 5.11 Å². The molecule has 0 aliphatic heterocycles. The Bertz CT molecular complexity index is 754. The van der Waals surface area contributed by atoms with Gasteiger partial charge in [0.1, 0.15) is 10.9 Å². The fourth-order valence-corrected chi connectivity index (χ4v) is 2.18. The van der Waals surface area contributed by atoms with Crippen LogP contribution in [0.5, 0.6) is 5.75 Å². The zero-order valence-corrected chi connectivity index (χ0v) is 11.0. The molecule has 4 heteroatoms. The SMILES string of the molecule is Cc1ccc2c(Cl)nc(-c3ccc(O)cc3)nc2c1. The molecule has 0 fully saturated rings. The summed E-state index contributed by atoms with van der Waals surface area (Å²) in [4.78, 5) is 8.82. The Kier molecular flexibility index (Phi) is 2.84. The average Bonchev–Trinajstić information content (AvgIpc) is 2.38. The third kappa shape index (κ3) is 2.25. The van der Waals surface area contributed by atoms with Crippen LogP contribution in [-0.2, 0) is 0 Å². The van der Waals surface area contributed by atoms with Gasteiger partial charge < -0.3 is 5.11 Å². The summed E-state index contributed by atoms with van der Waals surface area (Å²) in [5, 5.41) is 10.6. The number of benzene rings is 2. The van der Waals surface area contributed by atoms with Gasteiger partial charge in [-0.1, -0.05) is 17.7 Å². The number of hydrogen-bond donors (Lipinski definition) is 1. The minimum absolute atomic E-state index is 0.214. The maximum absolute atomic E-state index is 9.30. The first kappa shape index (κ1) is 11.9. The number of fused-ring (bicyclic) bond motifs is 1. The van der Waals surface area contributed by atoms with Crippen LogP contribution in [0.2, 0.25) is 5.15 Å². The van der Waals surface area contributed by atoms with Crippen LogP contribution in [-0.4, -0.2) is 15.1 Å². The highest BCUT2D eigenvalue weighted by molar-refractivity contribution is 6.34. The molecule has 0 atom stereocenters. The molecule has 0 radical (unpaired) electrons. The molecule has 2 aromatic carbocycles. The number of nitrogens with zero attached hydrogens (tertiary/aromatic N) is 2. The van der Waals surface area contributed by atoms with Crippen LogP contribution in [0.4, 0.5) is 0 Å². The minimum Gasteiger partial charge on any atom is -0.508 e. The molecule has 3 rings (SSSR count). The number of hydrogen-bond acceptors (Lipinski definition) is 3. The number of aromatic hydroxyl groups is 1. The van der Waals surface area contributed by atoms with E-state index in [0.29, 0.717) is 11.0 Å². The average molecular weight is 271 g/mol. The summed E-state index contributed by atoms with van der Waals surface area (Å²) >= 11 is 6.20. The number of phenolic OH excluding ortho intramolecular Hbond substituents is 1. The second-order valence-corrected chi connectivity index (χ2v) is 4.76. The molecule has 94 valence electrons.